The van der Waals surface area contributed by atoms with E-state index in [4.69, 9.17) is 27.2 Å². The van der Waals surface area contributed by atoms with E-state index in [1.165, 1.54) is 0 Å². The molecule has 1 radical (unpaired) electrons. The van der Waals surface area contributed by atoms with Gasteiger partial charge in [0.1, 0.15) is 0 Å². The van der Waals surface area contributed by atoms with Crippen LogP contribution in [0.1, 0.15) is 12.8 Å². The van der Waals surface area contributed by atoms with E-state index in [0.717, 1.165) is 90.6 Å². The third-order valence-electron chi connectivity index (χ3n) is 5.52. The van der Waals surface area contributed by atoms with Crippen molar-refractivity contribution in [2.24, 2.45) is 0 Å². The molecule has 0 aromatic rings. The molecule has 0 amide bonds. The minimum Gasteiger partial charge on any atom is -0.395 e. The summed E-state index contributed by atoms with van der Waals surface area (Å²) >= 11 is 0. The lowest BCUT2D eigenvalue weighted by molar-refractivity contribution is -0.00849. The number of rotatable bonds is 10. The number of nitrogens with zero attached hydrogens (tertiary/aromatic N) is 2. The predicted molar refractivity (Wildman–Crippen MR) is 113 cm³/mol. The van der Waals surface area contributed by atoms with E-state index in [-0.39, 0.29) is 6.61 Å². The molecule has 0 unspecified atom stereocenters. The van der Waals surface area contributed by atoms with Crippen LogP contribution in [-0.2, 0) is 22.1 Å². The van der Waals surface area contributed by atoms with Gasteiger partial charge < -0.3 is 32.6 Å². The molecule has 11 heteroatoms. The molecule has 4 aliphatic heterocycles. The average Bonchev–Trinajstić information content (AvgIpc) is 2.64. The maximum absolute atomic E-state index is 9.03. The Morgan fingerprint density at radius 1 is 0.828 bits per heavy atom. The molecule has 29 heavy (non-hydrogen) atoms. The molecule has 0 atom stereocenters. The fourth-order valence-electron chi connectivity index (χ4n) is 3.82. The highest BCUT2D eigenvalue weighted by atomic mass is 28.4. The van der Waals surface area contributed by atoms with Crippen LogP contribution in [0.3, 0.4) is 0 Å². The fourth-order valence-corrected chi connectivity index (χ4v) is 7.80. The molecule has 4 aliphatic rings. The number of hydrogen-bond acceptors (Lipinski definition) is 9. The number of hydrogen-bond donors (Lipinski definition) is 2. The summed E-state index contributed by atoms with van der Waals surface area (Å²) in [5, 5.41) is 12.6. The molecule has 9 nitrogen and oxygen atoms in total. The predicted octanol–water partition coefficient (Wildman–Crippen LogP) is -0.497. The zero-order chi connectivity index (χ0) is 20.2. The van der Waals surface area contributed by atoms with E-state index < -0.39 is 18.1 Å². The van der Waals surface area contributed by atoms with Gasteiger partial charge in [-0.3, -0.25) is 9.80 Å². The Kier molecular flexibility index (Phi) is 11.0. The molecule has 169 valence electrons. The van der Waals surface area contributed by atoms with Gasteiger partial charge in [-0.2, -0.15) is 0 Å². The SMILES string of the molecule is OCCN1CCO[Si](CCCNCCC[Si]23OCCN(CCO2)CCO3)OCC1. The molecule has 0 aromatic carbocycles. The van der Waals surface area contributed by atoms with E-state index in [9.17, 15) is 0 Å². The third kappa shape index (κ3) is 8.61. The lowest BCUT2D eigenvalue weighted by Crippen LogP contribution is -2.55. The van der Waals surface area contributed by atoms with Crippen LogP contribution in [-0.4, -0.2) is 125 Å². The van der Waals surface area contributed by atoms with Crippen molar-refractivity contribution in [2.75, 3.05) is 92.0 Å². The summed E-state index contributed by atoms with van der Waals surface area (Å²) in [6, 6.07) is 1.90. The van der Waals surface area contributed by atoms with Crippen molar-refractivity contribution in [1.29, 1.82) is 0 Å². The van der Waals surface area contributed by atoms with Crippen molar-refractivity contribution in [1.82, 2.24) is 15.1 Å². The van der Waals surface area contributed by atoms with E-state index >= 15 is 0 Å². The molecule has 4 heterocycles. The Morgan fingerprint density at radius 2 is 1.45 bits per heavy atom. The third-order valence-corrected chi connectivity index (χ3v) is 10.2. The molecule has 0 aromatic heterocycles. The second kappa shape index (κ2) is 13.5. The van der Waals surface area contributed by atoms with Gasteiger partial charge in [-0.1, -0.05) is 0 Å². The molecular weight excluding hydrogens is 410 g/mol. The van der Waals surface area contributed by atoms with Crippen LogP contribution < -0.4 is 5.32 Å². The zero-order valence-electron chi connectivity index (χ0n) is 17.6. The minimum absolute atomic E-state index is 0.191. The standard InChI is InChI=1S/C18H38N3O6Si2/c22-11-5-20-6-12-23-28(24-13-7-20)17-1-3-19-4-2-18-29-25-14-8-21(9-15-26-29)10-16-27-29/h19,22H,1-18H2. The second-order valence-corrected chi connectivity index (χ2v) is 12.2. The number of β-amino-alcohol motifs (C(OH)–C–C–N with tert-alkyl or cyclic N) is 1. The summed E-state index contributed by atoms with van der Waals surface area (Å²) in [5.74, 6) is 0. The van der Waals surface area contributed by atoms with E-state index in [2.05, 4.69) is 15.1 Å². The van der Waals surface area contributed by atoms with Crippen LogP contribution in [0.4, 0.5) is 0 Å². The summed E-state index contributed by atoms with van der Waals surface area (Å²) in [6.07, 6.45) is 2.08. The Labute approximate surface area is 177 Å². The van der Waals surface area contributed by atoms with Gasteiger partial charge in [0.05, 0.1) is 26.4 Å². The lowest BCUT2D eigenvalue weighted by Gasteiger charge is -2.38. The van der Waals surface area contributed by atoms with E-state index in [1.807, 2.05) is 0 Å². The van der Waals surface area contributed by atoms with Gasteiger partial charge in [0, 0.05) is 58.5 Å². The Bertz CT molecular complexity index is 417. The molecule has 0 spiro atoms. The largest absolute Gasteiger partial charge is 0.501 e. The molecule has 2 bridgehead atoms. The average molecular weight is 449 g/mol. The summed E-state index contributed by atoms with van der Waals surface area (Å²) in [7, 11) is -3.63. The van der Waals surface area contributed by atoms with Gasteiger partial charge in [0.25, 0.3) is 0 Å². The minimum atomic E-state index is -2.47. The lowest BCUT2D eigenvalue weighted by atomic mass is 10.4. The maximum atomic E-state index is 9.03. The number of nitrogens with one attached hydrogen (secondary N) is 1. The van der Waals surface area contributed by atoms with Gasteiger partial charge in [-0.05, 0) is 32.0 Å². The molecule has 0 aliphatic carbocycles. The number of aliphatic hydroxyl groups excluding tert-OH is 1. The Balaban J connectivity index is 1.23. The molecule has 4 fully saturated rings. The number of fused-ring (bicyclic) bond motifs is 6. The monoisotopic (exact) mass is 448 g/mol. The van der Waals surface area contributed by atoms with Gasteiger partial charge in [0.15, 0.2) is 0 Å². The smallest absolute Gasteiger partial charge is 0.395 e. The summed E-state index contributed by atoms with van der Waals surface area (Å²) in [6.45, 7) is 11.1. The maximum Gasteiger partial charge on any atom is 0.501 e. The summed E-state index contributed by atoms with van der Waals surface area (Å²) in [5.41, 5.74) is 0. The van der Waals surface area contributed by atoms with Gasteiger partial charge >= 0.3 is 18.1 Å². The first-order valence-corrected chi connectivity index (χ1v) is 14.5. The molecule has 4 rings (SSSR count). The molecule has 4 saturated heterocycles. The quantitative estimate of drug-likeness (QED) is 0.339. The van der Waals surface area contributed by atoms with Gasteiger partial charge in [-0.25, -0.2) is 0 Å². The first-order chi connectivity index (χ1) is 14.3. The van der Waals surface area contributed by atoms with Crippen LogP contribution in [0.25, 0.3) is 0 Å². The highest BCUT2D eigenvalue weighted by molar-refractivity contribution is 6.60. The summed E-state index contributed by atoms with van der Waals surface area (Å²) < 4.78 is 30.0. The summed E-state index contributed by atoms with van der Waals surface area (Å²) in [4.78, 5) is 4.53. The van der Waals surface area contributed by atoms with E-state index in [0.29, 0.717) is 19.8 Å². The van der Waals surface area contributed by atoms with Crippen LogP contribution in [0.15, 0.2) is 0 Å². The molecule has 0 saturated carbocycles. The van der Waals surface area contributed by atoms with Gasteiger partial charge in [-0.15, -0.1) is 0 Å². The fraction of sp³-hybridized carbons (Fsp3) is 1.00. The van der Waals surface area contributed by atoms with Crippen LogP contribution in [0.5, 0.6) is 0 Å². The van der Waals surface area contributed by atoms with Gasteiger partial charge in [0.2, 0.25) is 0 Å². The topological polar surface area (TPSA) is 84.9 Å². The Hall–Kier alpha value is 0.0738. The second-order valence-electron chi connectivity index (χ2n) is 7.66. The molecular formula is C18H38N3O6Si2. The van der Waals surface area contributed by atoms with Crippen molar-refractivity contribution in [3.05, 3.63) is 0 Å². The highest BCUT2D eigenvalue weighted by Crippen LogP contribution is 2.21. The Morgan fingerprint density at radius 3 is 2.07 bits per heavy atom. The van der Waals surface area contributed by atoms with Crippen molar-refractivity contribution in [3.63, 3.8) is 0 Å². The van der Waals surface area contributed by atoms with Crippen molar-refractivity contribution in [3.8, 4) is 0 Å². The van der Waals surface area contributed by atoms with E-state index in [1.54, 1.807) is 0 Å². The van der Waals surface area contributed by atoms with Crippen molar-refractivity contribution >= 4 is 18.1 Å². The first kappa shape index (κ1) is 23.7. The van der Waals surface area contributed by atoms with Crippen LogP contribution in [0, 0.1) is 0 Å². The van der Waals surface area contributed by atoms with Crippen molar-refractivity contribution in [2.45, 2.75) is 24.9 Å². The van der Waals surface area contributed by atoms with Crippen LogP contribution in [0.2, 0.25) is 12.1 Å². The first-order valence-electron chi connectivity index (χ1n) is 11.1. The van der Waals surface area contributed by atoms with Crippen LogP contribution >= 0.6 is 0 Å². The van der Waals surface area contributed by atoms with Crippen molar-refractivity contribution < 1.29 is 27.2 Å². The molecule has 2 N–H and O–H groups in total. The number of aliphatic hydroxyl groups is 1. The normalized spacial score (nSPS) is 30.3. The zero-order valence-corrected chi connectivity index (χ0v) is 19.6. The highest BCUT2D eigenvalue weighted by Gasteiger charge is 2.43.